The molecule has 3 N–H and O–H groups in total. The van der Waals surface area contributed by atoms with Crippen molar-refractivity contribution in [3.8, 4) is 22.9 Å². The van der Waals surface area contributed by atoms with Gasteiger partial charge in [0.2, 0.25) is 0 Å². The Balaban J connectivity index is 1.58. The fourth-order valence-electron chi connectivity index (χ4n) is 3.76. The molecule has 4 aromatic rings. The summed E-state index contributed by atoms with van der Waals surface area (Å²) in [6.45, 7) is 3.78. The molecule has 0 aromatic carbocycles. The van der Waals surface area contributed by atoms with E-state index in [9.17, 15) is 14.8 Å². The summed E-state index contributed by atoms with van der Waals surface area (Å²) in [4.78, 5) is 14.9. The second kappa shape index (κ2) is 11.5. The normalized spacial score (nSPS) is 13.4. The summed E-state index contributed by atoms with van der Waals surface area (Å²) in [6.07, 6.45) is 7.81. The monoisotopic (exact) mass is 514 g/mol. The maximum absolute atomic E-state index is 13.1. The molecule has 38 heavy (non-hydrogen) atoms. The average molecular weight is 515 g/mol. The number of aromatic nitrogens is 4. The molecule has 0 aliphatic rings. The third-order valence-electron chi connectivity index (χ3n) is 5.93. The van der Waals surface area contributed by atoms with Crippen molar-refractivity contribution in [3.63, 3.8) is 0 Å². The van der Waals surface area contributed by atoms with Gasteiger partial charge in [-0.3, -0.25) is 0 Å². The number of rotatable bonds is 9. The van der Waals surface area contributed by atoms with Crippen LogP contribution in [0.25, 0.3) is 16.6 Å². The molecule has 0 aliphatic heterocycles. The zero-order valence-electron chi connectivity index (χ0n) is 21.2. The molecule has 0 bridgehead atoms. The van der Waals surface area contributed by atoms with E-state index >= 15 is 0 Å². The summed E-state index contributed by atoms with van der Waals surface area (Å²) in [5.74, 6) is 0.962. The lowest BCUT2D eigenvalue weighted by Crippen LogP contribution is -2.22. The zero-order valence-corrected chi connectivity index (χ0v) is 21.2. The molecule has 2 unspecified atom stereocenters. The van der Waals surface area contributed by atoms with Gasteiger partial charge in [-0.05, 0) is 43.7 Å². The van der Waals surface area contributed by atoms with Crippen LogP contribution in [0, 0.1) is 11.3 Å². The Kier molecular flexibility index (Phi) is 7.94. The van der Waals surface area contributed by atoms with Crippen molar-refractivity contribution < 1.29 is 14.2 Å². The van der Waals surface area contributed by atoms with Crippen LogP contribution in [0.4, 0.5) is 16.0 Å². The Hall–Kier alpha value is -4.82. The van der Waals surface area contributed by atoms with Crippen LogP contribution < -0.4 is 15.4 Å². The molecule has 0 amide bonds. The number of halogens is 1. The first-order valence-corrected chi connectivity index (χ1v) is 11.8. The van der Waals surface area contributed by atoms with Gasteiger partial charge in [0.15, 0.2) is 11.6 Å². The molecule has 4 heterocycles. The second-order valence-electron chi connectivity index (χ2n) is 8.66. The Bertz CT molecular complexity index is 1510. The van der Waals surface area contributed by atoms with Crippen LogP contribution in [0.1, 0.15) is 31.0 Å². The van der Waals surface area contributed by atoms with Gasteiger partial charge in [0.1, 0.15) is 24.2 Å². The molecule has 0 saturated heterocycles. The van der Waals surface area contributed by atoms with Crippen LogP contribution >= 0.6 is 0 Å². The number of allylic oxidation sites excluding steroid dienone is 1. The van der Waals surface area contributed by atoms with Gasteiger partial charge in [-0.25, -0.2) is 23.9 Å². The number of anilines is 1. The SMILES string of the molecule is CC(O)COc1cc(-c2ccc(N(C)C(C)c3ccc(N=CC(F)=CN)nc3)nc2)c2c(C#N)cnn2c1. The fourth-order valence-corrected chi connectivity index (χ4v) is 3.76. The molecule has 11 heteroatoms. The fraction of sp³-hybridized carbons (Fsp3) is 0.222. The minimum atomic E-state index is -0.643. The van der Waals surface area contributed by atoms with Crippen molar-refractivity contribution in [3.05, 3.63) is 78.3 Å². The summed E-state index contributed by atoms with van der Waals surface area (Å²) in [7, 11) is 1.92. The Morgan fingerprint density at radius 3 is 2.71 bits per heavy atom. The van der Waals surface area contributed by atoms with Crippen molar-refractivity contribution in [2.75, 3.05) is 18.6 Å². The lowest BCUT2D eigenvalue weighted by molar-refractivity contribution is 0.122. The minimum absolute atomic E-state index is 0.0662. The van der Waals surface area contributed by atoms with E-state index in [0.29, 0.717) is 22.6 Å². The van der Waals surface area contributed by atoms with E-state index in [4.69, 9.17) is 10.5 Å². The van der Waals surface area contributed by atoms with E-state index in [-0.39, 0.29) is 12.6 Å². The Labute approximate surface area is 219 Å². The molecular formula is C27H27FN8O2. The van der Waals surface area contributed by atoms with Crippen molar-refractivity contribution in [1.29, 1.82) is 5.26 Å². The number of fused-ring (bicyclic) bond motifs is 1. The number of aliphatic hydroxyl groups excluding tert-OH is 1. The molecule has 0 fully saturated rings. The number of hydrogen-bond donors (Lipinski definition) is 2. The highest BCUT2D eigenvalue weighted by Crippen LogP contribution is 2.32. The quantitative estimate of drug-likeness (QED) is 0.319. The van der Waals surface area contributed by atoms with Crippen molar-refractivity contribution in [2.24, 2.45) is 10.7 Å². The highest BCUT2D eigenvalue weighted by molar-refractivity contribution is 5.85. The third kappa shape index (κ3) is 5.77. The molecule has 4 rings (SSSR count). The van der Waals surface area contributed by atoms with Crippen LogP contribution in [0.3, 0.4) is 0 Å². The van der Waals surface area contributed by atoms with Crippen molar-refractivity contribution in [2.45, 2.75) is 26.0 Å². The van der Waals surface area contributed by atoms with Gasteiger partial charge >= 0.3 is 0 Å². The van der Waals surface area contributed by atoms with E-state index in [1.165, 1.54) is 6.20 Å². The predicted octanol–water partition coefficient (Wildman–Crippen LogP) is 4.09. The molecule has 0 spiro atoms. The lowest BCUT2D eigenvalue weighted by atomic mass is 10.0. The lowest BCUT2D eigenvalue weighted by Gasteiger charge is -2.26. The van der Waals surface area contributed by atoms with Crippen LogP contribution in [0.2, 0.25) is 0 Å². The molecule has 194 valence electrons. The van der Waals surface area contributed by atoms with Crippen LogP contribution in [-0.4, -0.2) is 50.7 Å². The number of nitriles is 1. The molecule has 0 radical (unpaired) electrons. The molecule has 4 aromatic heterocycles. The molecule has 0 aliphatic carbocycles. The summed E-state index contributed by atoms with van der Waals surface area (Å²) in [5, 5.41) is 23.5. The van der Waals surface area contributed by atoms with E-state index in [1.54, 1.807) is 36.1 Å². The summed E-state index contributed by atoms with van der Waals surface area (Å²) >= 11 is 0. The summed E-state index contributed by atoms with van der Waals surface area (Å²) in [6, 6.07) is 11.3. The van der Waals surface area contributed by atoms with E-state index in [0.717, 1.165) is 34.9 Å². The summed E-state index contributed by atoms with van der Waals surface area (Å²) in [5.41, 5.74) is 8.61. The van der Waals surface area contributed by atoms with Crippen molar-refractivity contribution >= 4 is 23.4 Å². The Morgan fingerprint density at radius 1 is 1.26 bits per heavy atom. The predicted molar refractivity (Wildman–Crippen MR) is 143 cm³/mol. The molecule has 10 nitrogen and oxygen atoms in total. The van der Waals surface area contributed by atoms with E-state index in [2.05, 4.69) is 26.1 Å². The second-order valence-corrected chi connectivity index (χ2v) is 8.66. The van der Waals surface area contributed by atoms with Crippen LogP contribution in [0.5, 0.6) is 5.75 Å². The number of nitrogens with two attached hydrogens (primary N) is 1. The van der Waals surface area contributed by atoms with Gasteiger partial charge in [-0.1, -0.05) is 6.07 Å². The van der Waals surface area contributed by atoms with E-state index in [1.807, 2.05) is 43.1 Å². The largest absolute Gasteiger partial charge is 0.489 e. The van der Waals surface area contributed by atoms with Gasteiger partial charge < -0.3 is 20.5 Å². The van der Waals surface area contributed by atoms with Gasteiger partial charge in [-0.15, -0.1) is 0 Å². The van der Waals surface area contributed by atoms with Gasteiger partial charge in [-0.2, -0.15) is 10.4 Å². The molecular weight excluding hydrogens is 487 g/mol. The number of nitrogens with zero attached hydrogens (tertiary/aromatic N) is 7. The maximum atomic E-state index is 13.1. The molecule has 2 atom stereocenters. The number of aliphatic imine (C=N–C) groups is 1. The van der Waals surface area contributed by atoms with Crippen LogP contribution in [0.15, 0.2) is 72.1 Å². The van der Waals surface area contributed by atoms with Gasteiger partial charge in [0.05, 0.1) is 41.8 Å². The average Bonchev–Trinajstić information content (AvgIpc) is 3.37. The smallest absolute Gasteiger partial charge is 0.156 e. The Morgan fingerprint density at radius 2 is 2.08 bits per heavy atom. The van der Waals surface area contributed by atoms with Crippen molar-refractivity contribution in [1.82, 2.24) is 19.6 Å². The number of pyridine rings is 3. The first kappa shape index (κ1) is 26.2. The first-order chi connectivity index (χ1) is 18.3. The number of aliphatic hydroxyl groups is 1. The zero-order chi connectivity index (χ0) is 27.2. The number of hydrogen-bond acceptors (Lipinski definition) is 9. The van der Waals surface area contributed by atoms with Gasteiger partial charge in [0.25, 0.3) is 0 Å². The summed E-state index contributed by atoms with van der Waals surface area (Å²) < 4.78 is 20.4. The maximum Gasteiger partial charge on any atom is 0.156 e. The highest BCUT2D eigenvalue weighted by Gasteiger charge is 2.17. The van der Waals surface area contributed by atoms with E-state index < -0.39 is 11.9 Å². The first-order valence-electron chi connectivity index (χ1n) is 11.8. The standard InChI is InChI=1S/C27H27FN8O2/c1-17(37)16-38-23-8-24(27-21(9-29)13-34-36(27)15-23)20-5-7-26(33-12-20)35(3)18(2)19-4-6-25(31-11-19)32-14-22(28)10-30/h4-8,10-15,17-18,37H,16,30H2,1-3H3. The van der Waals surface area contributed by atoms with Gasteiger partial charge in [0, 0.05) is 36.8 Å². The third-order valence-corrected chi connectivity index (χ3v) is 5.93. The topological polar surface area (TPSA) is 138 Å². The number of ether oxygens (including phenoxy) is 1. The van der Waals surface area contributed by atoms with Crippen LogP contribution in [-0.2, 0) is 0 Å². The highest BCUT2D eigenvalue weighted by atomic mass is 19.1. The minimum Gasteiger partial charge on any atom is -0.489 e. The molecule has 0 saturated carbocycles.